The van der Waals surface area contributed by atoms with Gasteiger partial charge in [0, 0.05) is 0 Å². The van der Waals surface area contributed by atoms with Gasteiger partial charge in [-0.05, 0) is 0 Å². The monoisotopic (exact) mass is 510 g/mol. The molecule has 0 fully saturated rings. The van der Waals surface area contributed by atoms with Crippen LogP contribution in [0.1, 0.15) is 28.4 Å². The minimum atomic E-state index is -2.37. The second kappa shape index (κ2) is 7.40. The van der Waals surface area contributed by atoms with E-state index in [0.29, 0.717) is 0 Å². The van der Waals surface area contributed by atoms with Gasteiger partial charge in [0.05, 0.1) is 0 Å². The van der Waals surface area contributed by atoms with Crippen LogP contribution in [-0.4, -0.2) is 27.5 Å². The topological polar surface area (TPSA) is 17.1 Å². The molecule has 0 amide bonds. The number of ketones is 1. The first kappa shape index (κ1) is 17.0. The number of benzene rings is 3. The van der Waals surface area contributed by atoms with Gasteiger partial charge in [-0.1, -0.05) is 0 Å². The Balaban J connectivity index is 2.14. The minimum absolute atomic E-state index is 0.133. The third-order valence-electron chi connectivity index (χ3n) is 4.10. The van der Waals surface area contributed by atoms with E-state index in [4.69, 9.17) is 0 Å². The number of rotatable bonds is 4. The average Bonchev–Trinajstić information content (AvgIpc) is 2.59. The van der Waals surface area contributed by atoms with Crippen LogP contribution in [0, 0.1) is 13.8 Å². The SMILES string of the molecule is CC(=O)c1ccc[c]([Bi]([c]2ccc(C)cc2)[c]2ccc(C)cc2)c1. The normalized spacial score (nSPS) is 10.8. The first-order chi connectivity index (χ1) is 11.5. The van der Waals surface area contributed by atoms with E-state index < -0.39 is 21.8 Å². The maximum absolute atomic E-state index is 11.8. The van der Waals surface area contributed by atoms with Gasteiger partial charge in [-0.3, -0.25) is 0 Å². The molecule has 0 unspecified atom stereocenters. The van der Waals surface area contributed by atoms with Gasteiger partial charge in [-0.15, -0.1) is 0 Å². The number of hydrogen-bond donors (Lipinski definition) is 0. The third kappa shape index (κ3) is 3.82. The van der Waals surface area contributed by atoms with Crippen molar-refractivity contribution in [1.82, 2.24) is 0 Å². The van der Waals surface area contributed by atoms with Gasteiger partial charge in [-0.25, -0.2) is 0 Å². The molecule has 0 atom stereocenters. The molecule has 0 aliphatic heterocycles. The molecule has 120 valence electrons. The summed E-state index contributed by atoms with van der Waals surface area (Å²) in [6, 6.07) is 26.1. The predicted octanol–water partition coefficient (Wildman–Crippen LogP) is 3.02. The van der Waals surface area contributed by atoms with Crippen molar-refractivity contribution in [3.05, 3.63) is 89.5 Å². The van der Waals surface area contributed by atoms with E-state index in [9.17, 15) is 4.79 Å². The van der Waals surface area contributed by atoms with Crippen LogP contribution < -0.4 is 9.81 Å². The van der Waals surface area contributed by atoms with Crippen LogP contribution in [0.15, 0.2) is 72.8 Å². The van der Waals surface area contributed by atoms with Gasteiger partial charge in [0.25, 0.3) is 0 Å². The molecular weight excluding hydrogens is 489 g/mol. The molecule has 0 saturated heterocycles. The number of Topliss-reactive ketones (excluding diaryl/α,β-unsaturated/α-hetero) is 1. The molecule has 0 N–H and O–H groups in total. The summed E-state index contributed by atoms with van der Waals surface area (Å²) in [7, 11) is 0. The number of carbonyl (C=O) groups is 1. The van der Waals surface area contributed by atoms with Crippen molar-refractivity contribution in [2.75, 3.05) is 0 Å². The Morgan fingerprint density at radius 2 is 1.21 bits per heavy atom. The fraction of sp³-hybridized carbons (Fsp3) is 0.136. The van der Waals surface area contributed by atoms with Gasteiger partial charge >= 0.3 is 152 Å². The van der Waals surface area contributed by atoms with E-state index in [1.807, 2.05) is 12.1 Å². The molecule has 2 heteroatoms. The summed E-state index contributed by atoms with van der Waals surface area (Å²) >= 11 is -2.37. The van der Waals surface area contributed by atoms with Crippen molar-refractivity contribution in [1.29, 1.82) is 0 Å². The van der Waals surface area contributed by atoms with Crippen LogP contribution >= 0.6 is 0 Å². The van der Waals surface area contributed by atoms with Crippen LogP contribution in [-0.2, 0) is 0 Å². The van der Waals surface area contributed by atoms with Crippen molar-refractivity contribution in [3.63, 3.8) is 0 Å². The summed E-state index contributed by atoms with van der Waals surface area (Å²) in [6.07, 6.45) is 0. The second-order valence-corrected chi connectivity index (χ2v) is 14.7. The molecule has 0 bridgehead atoms. The molecule has 24 heavy (non-hydrogen) atoms. The molecule has 3 rings (SSSR count). The number of carbonyl (C=O) groups excluding carboxylic acids is 1. The quantitative estimate of drug-likeness (QED) is 0.390. The zero-order chi connectivity index (χ0) is 17.1. The first-order valence-electron chi connectivity index (χ1n) is 8.09. The summed E-state index contributed by atoms with van der Waals surface area (Å²) in [6.45, 7) is 5.88. The fourth-order valence-corrected chi connectivity index (χ4v) is 11.6. The van der Waals surface area contributed by atoms with Crippen LogP contribution in [0.5, 0.6) is 0 Å². The summed E-state index contributed by atoms with van der Waals surface area (Å²) in [5, 5.41) is 0. The predicted molar refractivity (Wildman–Crippen MR) is 103 cm³/mol. The average molecular weight is 510 g/mol. The van der Waals surface area contributed by atoms with Gasteiger partial charge in [0.15, 0.2) is 0 Å². The van der Waals surface area contributed by atoms with E-state index in [-0.39, 0.29) is 5.78 Å². The van der Waals surface area contributed by atoms with E-state index in [1.165, 1.54) is 20.9 Å². The third-order valence-corrected chi connectivity index (χ3v) is 13.5. The van der Waals surface area contributed by atoms with Crippen LogP contribution in [0.2, 0.25) is 0 Å². The zero-order valence-corrected chi connectivity index (χ0v) is 17.8. The standard InChI is InChI=1S/C8H7O.2C7H7.Bi/c1-7(9)8-5-3-2-4-6-8;2*1-7-5-3-2-4-6-7;/h2-3,5-6H,1H3;2*3-6H,1H3;. The summed E-state index contributed by atoms with van der Waals surface area (Å²) in [5.74, 6) is 0.133. The Kier molecular flexibility index (Phi) is 5.26. The molecular formula is C22H21BiO. The van der Waals surface area contributed by atoms with Crippen LogP contribution in [0.4, 0.5) is 0 Å². The second-order valence-electron chi connectivity index (χ2n) is 6.11. The van der Waals surface area contributed by atoms with Gasteiger partial charge in [-0.2, -0.15) is 0 Å². The number of aryl methyl sites for hydroxylation is 2. The van der Waals surface area contributed by atoms with Crippen LogP contribution in [0.25, 0.3) is 0 Å². The van der Waals surface area contributed by atoms with Crippen molar-refractivity contribution in [3.8, 4) is 0 Å². The Morgan fingerprint density at radius 1 is 0.708 bits per heavy atom. The van der Waals surface area contributed by atoms with Crippen molar-refractivity contribution in [2.24, 2.45) is 0 Å². The van der Waals surface area contributed by atoms with E-state index in [2.05, 4.69) is 74.5 Å². The molecule has 0 spiro atoms. The fourth-order valence-electron chi connectivity index (χ4n) is 2.70. The molecule has 0 aliphatic rings. The first-order valence-corrected chi connectivity index (χ1v) is 13.3. The molecule has 0 radical (unpaired) electrons. The van der Waals surface area contributed by atoms with Crippen molar-refractivity contribution >= 4 is 37.3 Å². The van der Waals surface area contributed by atoms with Gasteiger partial charge < -0.3 is 0 Å². The molecule has 0 heterocycles. The van der Waals surface area contributed by atoms with Crippen molar-refractivity contribution < 1.29 is 4.79 Å². The summed E-state index contributed by atoms with van der Waals surface area (Å²) in [4.78, 5) is 11.8. The van der Waals surface area contributed by atoms with E-state index in [1.54, 1.807) is 6.92 Å². The Hall–Kier alpha value is -1.79. The van der Waals surface area contributed by atoms with E-state index in [0.717, 1.165) is 5.56 Å². The van der Waals surface area contributed by atoms with Crippen LogP contribution in [0.3, 0.4) is 0 Å². The van der Waals surface area contributed by atoms with Crippen molar-refractivity contribution in [2.45, 2.75) is 20.8 Å². The molecule has 0 saturated carbocycles. The Morgan fingerprint density at radius 3 is 1.67 bits per heavy atom. The number of hydrogen-bond acceptors (Lipinski definition) is 1. The summed E-state index contributed by atoms with van der Waals surface area (Å²) in [5.41, 5.74) is 3.37. The Bertz CT molecular complexity index is 802. The zero-order valence-electron chi connectivity index (χ0n) is 14.3. The molecule has 0 aromatic heterocycles. The maximum atomic E-state index is 11.8. The molecule has 3 aromatic carbocycles. The Labute approximate surface area is 152 Å². The van der Waals surface area contributed by atoms with Gasteiger partial charge in [0.1, 0.15) is 0 Å². The van der Waals surface area contributed by atoms with E-state index >= 15 is 0 Å². The molecule has 3 aromatic rings. The van der Waals surface area contributed by atoms with Gasteiger partial charge in [0.2, 0.25) is 0 Å². The molecule has 1 nitrogen and oxygen atoms in total. The summed E-state index contributed by atoms with van der Waals surface area (Å²) < 4.78 is 4.24. The molecule has 0 aliphatic carbocycles.